The third-order valence-electron chi connectivity index (χ3n) is 2.09. The van der Waals surface area contributed by atoms with Gasteiger partial charge in [0.2, 0.25) is 0 Å². The van der Waals surface area contributed by atoms with Crippen molar-refractivity contribution in [1.82, 2.24) is 4.98 Å². The molecular weight excluding hydrogens is 214 g/mol. The first-order valence-corrected chi connectivity index (χ1v) is 5.47. The Labute approximate surface area is 82.3 Å². The minimum absolute atomic E-state index is 0.924. The topological polar surface area (TPSA) is 12.9 Å². The largest absolute Gasteiger partial charge is 0.261 e. The van der Waals surface area contributed by atoms with Crippen molar-refractivity contribution in [2.24, 2.45) is 0 Å². The molecule has 1 aromatic heterocycles. The summed E-state index contributed by atoms with van der Waals surface area (Å²) < 4.78 is 0. The van der Waals surface area contributed by atoms with Crippen molar-refractivity contribution >= 4 is 15.9 Å². The monoisotopic (exact) mass is 227 g/mol. The van der Waals surface area contributed by atoms with E-state index in [0.29, 0.717) is 0 Å². The zero-order valence-corrected chi connectivity index (χ0v) is 9.19. The molecule has 0 unspecified atom stereocenters. The van der Waals surface area contributed by atoms with E-state index in [0.717, 1.165) is 18.2 Å². The molecule has 0 aliphatic carbocycles. The van der Waals surface area contributed by atoms with Crippen LogP contribution >= 0.6 is 15.9 Å². The minimum Gasteiger partial charge on any atom is -0.261 e. The third-order valence-corrected chi connectivity index (χ3v) is 2.65. The fourth-order valence-electron chi connectivity index (χ4n) is 1.38. The summed E-state index contributed by atoms with van der Waals surface area (Å²) in [4.78, 5) is 4.35. The van der Waals surface area contributed by atoms with Gasteiger partial charge in [-0.25, -0.2) is 0 Å². The van der Waals surface area contributed by atoms with E-state index in [4.69, 9.17) is 0 Å². The summed E-state index contributed by atoms with van der Waals surface area (Å²) >= 11 is 3.50. The van der Waals surface area contributed by atoms with E-state index in [2.05, 4.69) is 40.8 Å². The first-order valence-electron chi connectivity index (χ1n) is 4.35. The molecular formula is C10H14BrN. The molecule has 1 rings (SSSR count). The second-order valence-corrected chi connectivity index (χ2v) is 3.30. The molecule has 2 heteroatoms. The average Bonchev–Trinajstić information content (AvgIpc) is 2.16. The zero-order valence-electron chi connectivity index (χ0n) is 7.60. The van der Waals surface area contributed by atoms with Crippen LogP contribution < -0.4 is 0 Å². The number of pyridine rings is 1. The van der Waals surface area contributed by atoms with Gasteiger partial charge in [-0.05, 0) is 30.0 Å². The molecule has 0 spiro atoms. The number of hydrogen-bond acceptors (Lipinski definition) is 1. The lowest BCUT2D eigenvalue weighted by Gasteiger charge is -2.08. The van der Waals surface area contributed by atoms with Crippen molar-refractivity contribution in [2.75, 3.05) is 0 Å². The Hall–Kier alpha value is -0.370. The molecule has 0 saturated carbocycles. The zero-order chi connectivity index (χ0) is 8.97. The Morgan fingerprint density at radius 1 is 1.33 bits per heavy atom. The maximum Gasteiger partial charge on any atom is 0.0444 e. The van der Waals surface area contributed by atoms with Crippen LogP contribution in [0.25, 0.3) is 0 Å². The smallest absolute Gasteiger partial charge is 0.0444 e. The van der Waals surface area contributed by atoms with E-state index < -0.39 is 0 Å². The Balaban J connectivity index is 3.13. The molecule has 1 nitrogen and oxygen atoms in total. The molecule has 0 amide bonds. The highest BCUT2D eigenvalue weighted by Crippen LogP contribution is 2.16. The van der Waals surface area contributed by atoms with Crippen molar-refractivity contribution in [3.63, 3.8) is 0 Å². The summed E-state index contributed by atoms with van der Waals surface area (Å²) in [5.74, 6) is 0. The van der Waals surface area contributed by atoms with Gasteiger partial charge in [-0.1, -0.05) is 29.8 Å². The quantitative estimate of drug-likeness (QED) is 0.724. The van der Waals surface area contributed by atoms with E-state index in [1.54, 1.807) is 0 Å². The first kappa shape index (κ1) is 9.72. The van der Waals surface area contributed by atoms with Crippen molar-refractivity contribution in [3.05, 3.63) is 29.1 Å². The summed E-state index contributed by atoms with van der Waals surface area (Å²) in [5.41, 5.74) is 4.02. The molecule has 0 aliphatic heterocycles. The Kier molecular flexibility index (Phi) is 3.73. The number of aromatic nitrogens is 1. The van der Waals surface area contributed by atoms with Crippen LogP contribution in [0.3, 0.4) is 0 Å². The summed E-state index contributed by atoms with van der Waals surface area (Å²) in [6.45, 7) is 4.33. The summed E-state index contributed by atoms with van der Waals surface area (Å²) in [6, 6.07) is 2.11. The van der Waals surface area contributed by atoms with Crippen molar-refractivity contribution in [1.29, 1.82) is 0 Å². The number of aryl methyl sites for hydroxylation is 2. The average molecular weight is 228 g/mol. The van der Waals surface area contributed by atoms with Crippen LogP contribution in [0.1, 0.15) is 30.7 Å². The molecule has 0 saturated heterocycles. The van der Waals surface area contributed by atoms with Crippen LogP contribution in [0.2, 0.25) is 0 Å². The summed E-state index contributed by atoms with van der Waals surface area (Å²) in [7, 11) is 0. The summed E-state index contributed by atoms with van der Waals surface area (Å²) in [5, 5.41) is 0.924. The van der Waals surface area contributed by atoms with Crippen molar-refractivity contribution in [3.8, 4) is 0 Å². The second kappa shape index (κ2) is 4.61. The van der Waals surface area contributed by atoms with Gasteiger partial charge in [0.15, 0.2) is 0 Å². The van der Waals surface area contributed by atoms with Crippen LogP contribution in [0.15, 0.2) is 12.3 Å². The second-order valence-electron chi connectivity index (χ2n) is 2.74. The maximum absolute atomic E-state index is 4.35. The lowest BCUT2D eigenvalue weighted by Crippen LogP contribution is -1.98. The molecule has 0 aromatic carbocycles. The first-order chi connectivity index (χ1) is 5.83. The lowest BCUT2D eigenvalue weighted by molar-refractivity contribution is 0.967. The molecule has 66 valence electrons. The van der Waals surface area contributed by atoms with E-state index in [1.807, 2.05) is 6.20 Å². The van der Waals surface area contributed by atoms with Gasteiger partial charge in [-0.15, -0.1) is 0 Å². The van der Waals surface area contributed by atoms with E-state index in [-0.39, 0.29) is 0 Å². The fraction of sp³-hybridized carbons (Fsp3) is 0.500. The van der Waals surface area contributed by atoms with Crippen molar-refractivity contribution < 1.29 is 0 Å². The fourth-order valence-corrected chi connectivity index (χ4v) is 2.06. The predicted octanol–water partition coefficient (Wildman–Crippen LogP) is 3.10. The van der Waals surface area contributed by atoms with Gasteiger partial charge in [0.25, 0.3) is 0 Å². The third kappa shape index (κ3) is 1.86. The van der Waals surface area contributed by atoms with Crippen LogP contribution in [0, 0.1) is 0 Å². The number of rotatable bonds is 3. The highest BCUT2D eigenvalue weighted by Gasteiger charge is 2.04. The van der Waals surface area contributed by atoms with Crippen LogP contribution in [-0.2, 0) is 18.2 Å². The van der Waals surface area contributed by atoms with Crippen LogP contribution in [-0.4, -0.2) is 4.98 Å². The van der Waals surface area contributed by atoms with E-state index >= 15 is 0 Å². The lowest BCUT2D eigenvalue weighted by atomic mass is 10.0. The molecule has 12 heavy (non-hydrogen) atoms. The molecule has 1 aromatic rings. The van der Waals surface area contributed by atoms with Gasteiger partial charge in [0, 0.05) is 17.2 Å². The van der Waals surface area contributed by atoms with Crippen molar-refractivity contribution in [2.45, 2.75) is 32.0 Å². The molecule has 0 fully saturated rings. The number of alkyl halides is 1. The molecule has 0 aliphatic rings. The highest BCUT2D eigenvalue weighted by molar-refractivity contribution is 9.08. The minimum atomic E-state index is 0.924. The SMILES string of the molecule is CCc1ccnc(CC)c1CBr. The van der Waals surface area contributed by atoms with Gasteiger partial charge in [0.05, 0.1) is 0 Å². The molecule has 0 atom stereocenters. The highest BCUT2D eigenvalue weighted by atomic mass is 79.9. The Morgan fingerprint density at radius 2 is 2.08 bits per heavy atom. The van der Waals surface area contributed by atoms with Gasteiger partial charge >= 0.3 is 0 Å². The molecule has 0 bridgehead atoms. The molecule has 1 heterocycles. The Bertz CT molecular complexity index is 236. The molecule has 0 radical (unpaired) electrons. The number of hydrogen-bond donors (Lipinski definition) is 0. The predicted molar refractivity (Wildman–Crippen MR) is 55.6 cm³/mol. The number of halogens is 1. The number of nitrogens with zero attached hydrogens (tertiary/aromatic N) is 1. The van der Waals surface area contributed by atoms with Gasteiger partial charge < -0.3 is 0 Å². The van der Waals surface area contributed by atoms with Crippen LogP contribution in [0.4, 0.5) is 0 Å². The summed E-state index contributed by atoms with van der Waals surface area (Å²) in [6.07, 6.45) is 4.02. The molecule has 0 N–H and O–H groups in total. The van der Waals surface area contributed by atoms with Crippen LogP contribution in [0.5, 0.6) is 0 Å². The van der Waals surface area contributed by atoms with E-state index in [1.165, 1.54) is 16.8 Å². The Morgan fingerprint density at radius 3 is 2.58 bits per heavy atom. The van der Waals surface area contributed by atoms with Gasteiger partial charge in [-0.3, -0.25) is 4.98 Å². The van der Waals surface area contributed by atoms with Gasteiger partial charge in [-0.2, -0.15) is 0 Å². The van der Waals surface area contributed by atoms with Gasteiger partial charge in [0.1, 0.15) is 0 Å². The normalized spacial score (nSPS) is 10.2. The standard InChI is InChI=1S/C10H14BrN/c1-3-8-5-6-12-10(4-2)9(8)7-11/h5-6H,3-4,7H2,1-2H3. The van der Waals surface area contributed by atoms with E-state index in [9.17, 15) is 0 Å². The maximum atomic E-state index is 4.35.